The first-order valence-corrected chi connectivity index (χ1v) is 9.26. The number of H-pyrrole nitrogens is 1. The topological polar surface area (TPSA) is 49.0 Å². The Morgan fingerprint density at radius 3 is 2.69 bits per heavy atom. The third-order valence-electron chi connectivity index (χ3n) is 4.65. The fourth-order valence-electron chi connectivity index (χ4n) is 3.37. The van der Waals surface area contributed by atoms with Crippen molar-refractivity contribution in [3.05, 3.63) is 70.0 Å². The number of amides is 1. The molecule has 1 unspecified atom stereocenters. The fraction of sp³-hybridized carbons (Fsp3) is 0.200. The van der Waals surface area contributed by atoms with Crippen LogP contribution in [0.2, 0.25) is 10.0 Å². The van der Waals surface area contributed by atoms with Gasteiger partial charge in [0, 0.05) is 28.2 Å². The van der Waals surface area contributed by atoms with Crippen LogP contribution in [0.3, 0.4) is 0 Å². The van der Waals surface area contributed by atoms with Gasteiger partial charge < -0.3 is 9.88 Å². The summed E-state index contributed by atoms with van der Waals surface area (Å²) in [6.45, 7) is 0.709. The highest BCUT2D eigenvalue weighted by atomic mass is 35.5. The molecule has 1 saturated heterocycles. The molecule has 4 rings (SSSR count). The van der Waals surface area contributed by atoms with E-state index in [9.17, 15) is 4.79 Å². The minimum atomic E-state index is -0.0658. The smallest absolute Gasteiger partial charge is 0.247 e. The number of fused-ring (bicyclic) bond motifs is 1. The average molecular weight is 386 g/mol. The van der Waals surface area contributed by atoms with Crippen molar-refractivity contribution in [2.45, 2.75) is 18.9 Å². The molecule has 0 spiro atoms. The predicted octanol–water partition coefficient (Wildman–Crippen LogP) is 5.25. The number of aromatic nitrogens is 2. The monoisotopic (exact) mass is 385 g/mol. The number of carbonyl (C=O) groups is 1. The average Bonchev–Trinajstić information content (AvgIpc) is 3.27. The van der Waals surface area contributed by atoms with E-state index in [1.807, 2.05) is 29.2 Å². The van der Waals surface area contributed by atoms with E-state index < -0.39 is 0 Å². The van der Waals surface area contributed by atoms with E-state index in [1.54, 1.807) is 24.3 Å². The fourth-order valence-corrected chi connectivity index (χ4v) is 3.89. The Hall–Kier alpha value is -2.30. The number of nitrogens with zero attached hydrogens (tertiary/aromatic N) is 2. The summed E-state index contributed by atoms with van der Waals surface area (Å²) in [7, 11) is 0. The third kappa shape index (κ3) is 3.22. The number of imidazole rings is 1. The largest absolute Gasteiger partial charge is 0.340 e. The number of para-hydroxylation sites is 2. The van der Waals surface area contributed by atoms with Crippen LogP contribution in [-0.4, -0.2) is 27.3 Å². The normalized spacial score (nSPS) is 17.5. The van der Waals surface area contributed by atoms with Crippen molar-refractivity contribution in [2.24, 2.45) is 0 Å². The SMILES string of the molecule is O=C(C=Cc1c(Cl)cccc1Cl)N1CCCC1c1nc2ccccc2[nH]1. The van der Waals surface area contributed by atoms with Crippen LogP contribution in [-0.2, 0) is 4.79 Å². The molecule has 0 saturated carbocycles. The number of likely N-dealkylation sites (tertiary alicyclic amines) is 1. The number of aromatic amines is 1. The molecular weight excluding hydrogens is 369 g/mol. The van der Waals surface area contributed by atoms with E-state index >= 15 is 0 Å². The van der Waals surface area contributed by atoms with E-state index in [2.05, 4.69) is 9.97 Å². The molecule has 26 heavy (non-hydrogen) atoms. The predicted molar refractivity (Wildman–Crippen MR) is 105 cm³/mol. The second-order valence-electron chi connectivity index (χ2n) is 6.30. The zero-order chi connectivity index (χ0) is 18.1. The van der Waals surface area contributed by atoms with Gasteiger partial charge in [-0.05, 0) is 43.2 Å². The highest BCUT2D eigenvalue weighted by Gasteiger charge is 2.31. The minimum absolute atomic E-state index is 0.0405. The quantitative estimate of drug-likeness (QED) is 0.626. The summed E-state index contributed by atoms with van der Waals surface area (Å²) < 4.78 is 0. The molecule has 1 aromatic heterocycles. The van der Waals surface area contributed by atoms with Crippen LogP contribution in [0.15, 0.2) is 48.5 Å². The van der Waals surface area contributed by atoms with Gasteiger partial charge in [-0.2, -0.15) is 0 Å². The van der Waals surface area contributed by atoms with Crippen molar-refractivity contribution in [2.75, 3.05) is 6.54 Å². The number of halogens is 2. The molecule has 0 bridgehead atoms. The van der Waals surface area contributed by atoms with Crippen LogP contribution < -0.4 is 0 Å². The molecular formula is C20H17Cl2N3O. The molecule has 132 valence electrons. The van der Waals surface area contributed by atoms with Gasteiger partial charge in [0.25, 0.3) is 0 Å². The van der Waals surface area contributed by atoms with Crippen molar-refractivity contribution in [3.8, 4) is 0 Å². The molecule has 6 heteroatoms. The van der Waals surface area contributed by atoms with Crippen LogP contribution in [0.5, 0.6) is 0 Å². The van der Waals surface area contributed by atoms with E-state index in [1.165, 1.54) is 6.08 Å². The van der Waals surface area contributed by atoms with Crippen molar-refractivity contribution in [1.82, 2.24) is 14.9 Å². The molecule has 2 heterocycles. The lowest BCUT2D eigenvalue weighted by Crippen LogP contribution is -2.29. The lowest BCUT2D eigenvalue weighted by molar-refractivity contribution is -0.126. The zero-order valence-electron chi connectivity index (χ0n) is 14.0. The maximum absolute atomic E-state index is 12.8. The first kappa shape index (κ1) is 17.1. The summed E-state index contributed by atoms with van der Waals surface area (Å²) in [6, 6.07) is 13.1. The van der Waals surface area contributed by atoms with Gasteiger partial charge >= 0.3 is 0 Å². The summed E-state index contributed by atoms with van der Waals surface area (Å²) in [5, 5.41) is 1.05. The van der Waals surface area contributed by atoms with Crippen molar-refractivity contribution < 1.29 is 4.79 Å². The lowest BCUT2D eigenvalue weighted by atomic mass is 10.2. The first-order chi connectivity index (χ1) is 12.6. The zero-order valence-corrected chi connectivity index (χ0v) is 15.5. The van der Waals surface area contributed by atoms with Crippen LogP contribution in [0.1, 0.15) is 30.3 Å². The van der Waals surface area contributed by atoms with Gasteiger partial charge in [0.1, 0.15) is 5.82 Å². The molecule has 1 fully saturated rings. The molecule has 0 radical (unpaired) electrons. The lowest BCUT2D eigenvalue weighted by Gasteiger charge is -2.21. The van der Waals surface area contributed by atoms with E-state index in [4.69, 9.17) is 23.2 Å². The van der Waals surface area contributed by atoms with Gasteiger partial charge in [-0.1, -0.05) is 41.4 Å². The molecule has 3 aromatic rings. The summed E-state index contributed by atoms with van der Waals surface area (Å²) in [5.74, 6) is 0.769. The van der Waals surface area contributed by atoms with E-state index in [0.717, 1.165) is 29.7 Å². The van der Waals surface area contributed by atoms with Crippen molar-refractivity contribution in [1.29, 1.82) is 0 Å². The maximum atomic E-state index is 12.8. The molecule has 1 aliphatic rings. The van der Waals surface area contributed by atoms with E-state index in [-0.39, 0.29) is 11.9 Å². The Bertz CT molecular complexity index is 942. The van der Waals surface area contributed by atoms with Crippen LogP contribution in [0.25, 0.3) is 17.1 Å². The van der Waals surface area contributed by atoms with Crippen molar-refractivity contribution in [3.63, 3.8) is 0 Å². The Labute approximate surface area is 161 Å². The van der Waals surface area contributed by atoms with Gasteiger partial charge in [-0.3, -0.25) is 4.79 Å². The molecule has 0 aliphatic carbocycles. The maximum Gasteiger partial charge on any atom is 0.247 e. The minimum Gasteiger partial charge on any atom is -0.340 e. The summed E-state index contributed by atoms with van der Waals surface area (Å²) in [6.07, 6.45) is 5.06. The number of hydrogen-bond donors (Lipinski definition) is 1. The van der Waals surface area contributed by atoms with Crippen LogP contribution in [0.4, 0.5) is 0 Å². The molecule has 4 nitrogen and oxygen atoms in total. The van der Waals surface area contributed by atoms with Gasteiger partial charge in [-0.25, -0.2) is 4.98 Å². The van der Waals surface area contributed by atoms with Crippen LogP contribution >= 0.6 is 23.2 Å². The number of hydrogen-bond acceptors (Lipinski definition) is 2. The Morgan fingerprint density at radius 1 is 1.15 bits per heavy atom. The highest BCUT2D eigenvalue weighted by molar-refractivity contribution is 6.37. The third-order valence-corrected chi connectivity index (χ3v) is 5.31. The molecule has 1 N–H and O–H groups in total. The van der Waals surface area contributed by atoms with Gasteiger partial charge in [0.05, 0.1) is 17.1 Å². The summed E-state index contributed by atoms with van der Waals surface area (Å²) >= 11 is 12.3. The summed E-state index contributed by atoms with van der Waals surface area (Å²) in [4.78, 5) is 22.6. The molecule has 2 aromatic carbocycles. The molecule has 1 amide bonds. The standard InChI is InChI=1S/C20H17Cl2N3O/c21-14-5-3-6-15(22)13(14)10-11-19(26)25-12-4-9-18(25)20-23-16-7-1-2-8-17(16)24-20/h1-3,5-8,10-11,18H,4,9,12H2,(H,23,24). The number of carbonyl (C=O) groups excluding carboxylic acids is 1. The number of benzene rings is 2. The first-order valence-electron chi connectivity index (χ1n) is 8.51. The van der Waals surface area contributed by atoms with Gasteiger partial charge in [0.2, 0.25) is 5.91 Å². The number of nitrogens with one attached hydrogen (secondary N) is 1. The highest BCUT2D eigenvalue weighted by Crippen LogP contribution is 2.32. The van der Waals surface area contributed by atoms with Gasteiger partial charge in [0.15, 0.2) is 0 Å². The molecule has 1 aliphatic heterocycles. The van der Waals surface area contributed by atoms with Gasteiger partial charge in [-0.15, -0.1) is 0 Å². The second-order valence-corrected chi connectivity index (χ2v) is 7.11. The van der Waals surface area contributed by atoms with Crippen LogP contribution in [0, 0.1) is 0 Å². The number of rotatable bonds is 3. The summed E-state index contributed by atoms with van der Waals surface area (Å²) in [5.41, 5.74) is 2.56. The Balaban J connectivity index is 1.58. The molecule has 1 atom stereocenters. The second kappa shape index (κ2) is 7.14. The van der Waals surface area contributed by atoms with Crippen molar-refractivity contribution >= 4 is 46.2 Å². The van der Waals surface area contributed by atoms with E-state index in [0.29, 0.717) is 22.2 Å². The Morgan fingerprint density at radius 2 is 1.92 bits per heavy atom. The Kier molecular flexibility index (Phi) is 4.70.